The topological polar surface area (TPSA) is 26.3 Å². The van der Waals surface area contributed by atoms with Crippen LogP contribution >= 0.6 is 0 Å². The van der Waals surface area contributed by atoms with E-state index < -0.39 is 0 Å². The van der Waals surface area contributed by atoms with Gasteiger partial charge >= 0.3 is 5.97 Å². The maximum atomic E-state index is 11.9. The van der Waals surface area contributed by atoms with Gasteiger partial charge in [0.05, 0.1) is 0 Å². The summed E-state index contributed by atoms with van der Waals surface area (Å²) in [6.07, 6.45) is 10.3. The zero-order chi connectivity index (χ0) is 18.4. The van der Waals surface area contributed by atoms with Crippen LogP contribution in [-0.2, 0) is 4.79 Å². The first-order valence-corrected chi connectivity index (χ1v) is 10.4. The van der Waals surface area contributed by atoms with Crippen LogP contribution in [0.1, 0.15) is 83.1 Å². The van der Waals surface area contributed by atoms with Crippen LogP contribution in [0.15, 0.2) is 36.4 Å². The number of fused-ring (bicyclic) bond motifs is 1. The smallest absolute Gasteiger partial charge is 0.311 e. The normalized spacial score (nSPS) is 20.2. The third-order valence-corrected chi connectivity index (χ3v) is 5.95. The third-order valence-electron chi connectivity index (χ3n) is 5.95. The summed E-state index contributed by atoms with van der Waals surface area (Å²) in [4.78, 5) is 11.9. The van der Waals surface area contributed by atoms with Crippen molar-refractivity contribution in [3.63, 3.8) is 0 Å². The average molecular weight is 353 g/mol. The van der Waals surface area contributed by atoms with Gasteiger partial charge in [-0.3, -0.25) is 4.79 Å². The minimum atomic E-state index is -0.123. The van der Waals surface area contributed by atoms with E-state index in [1.165, 1.54) is 43.1 Å². The van der Waals surface area contributed by atoms with Gasteiger partial charge in [0, 0.05) is 6.42 Å². The molecule has 140 valence electrons. The van der Waals surface area contributed by atoms with Crippen LogP contribution < -0.4 is 4.74 Å². The molecule has 0 N–H and O–H groups in total. The van der Waals surface area contributed by atoms with Crippen molar-refractivity contribution in [3.05, 3.63) is 42.0 Å². The standard InChI is InChI=1S/C24H32O2/c1-3-5-6-7-24(25)26-23-15-14-21-16-20(12-13-22(21)17-23)19-10-8-18(4-2)9-11-19/h12-19H,3-11H2,1-2H3. The minimum Gasteiger partial charge on any atom is -0.427 e. The Morgan fingerprint density at radius 2 is 1.69 bits per heavy atom. The lowest BCUT2D eigenvalue weighted by Crippen LogP contribution is -2.12. The Balaban J connectivity index is 1.65. The number of carbonyl (C=O) groups excluding carboxylic acids is 1. The number of carbonyl (C=O) groups is 1. The van der Waals surface area contributed by atoms with E-state index in [9.17, 15) is 4.79 Å². The van der Waals surface area contributed by atoms with Crippen molar-refractivity contribution in [2.75, 3.05) is 0 Å². The van der Waals surface area contributed by atoms with Gasteiger partial charge < -0.3 is 4.74 Å². The summed E-state index contributed by atoms with van der Waals surface area (Å²) < 4.78 is 5.50. The summed E-state index contributed by atoms with van der Waals surface area (Å²) >= 11 is 0. The third kappa shape index (κ3) is 4.87. The highest BCUT2D eigenvalue weighted by Crippen LogP contribution is 2.38. The van der Waals surface area contributed by atoms with E-state index in [0.717, 1.165) is 30.6 Å². The van der Waals surface area contributed by atoms with Crippen molar-refractivity contribution in [2.45, 2.75) is 77.6 Å². The monoisotopic (exact) mass is 352 g/mol. The minimum absolute atomic E-state index is 0.123. The molecule has 0 bridgehead atoms. The fourth-order valence-corrected chi connectivity index (χ4v) is 4.17. The summed E-state index contributed by atoms with van der Waals surface area (Å²) in [5, 5.41) is 2.39. The van der Waals surface area contributed by atoms with E-state index >= 15 is 0 Å². The van der Waals surface area contributed by atoms with Crippen molar-refractivity contribution in [2.24, 2.45) is 5.92 Å². The number of benzene rings is 2. The van der Waals surface area contributed by atoms with Crippen LogP contribution in [0, 0.1) is 5.92 Å². The van der Waals surface area contributed by atoms with Gasteiger partial charge in [0.2, 0.25) is 0 Å². The molecule has 1 saturated carbocycles. The molecular formula is C24H32O2. The Labute approximate surface area is 157 Å². The lowest BCUT2D eigenvalue weighted by Gasteiger charge is -2.28. The molecule has 2 aromatic rings. The van der Waals surface area contributed by atoms with E-state index in [4.69, 9.17) is 4.74 Å². The fraction of sp³-hybridized carbons (Fsp3) is 0.542. The molecule has 0 radical (unpaired) electrons. The summed E-state index contributed by atoms with van der Waals surface area (Å²) in [7, 11) is 0. The highest BCUT2D eigenvalue weighted by molar-refractivity contribution is 5.85. The molecule has 0 saturated heterocycles. The molecule has 2 heteroatoms. The van der Waals surface area contributed by atoms with Gasteiger partial charge in [0.15, 0.2) is 0 Å². The van der Waals surface area contributed by atoms with Crippen molar-refractivity contribution in [3.8, 4) is 5.75 Å². The lowest BCUT2D eigenvalue weighted by atomic mass is 9.77. The molecule has 1 aliphatic carbocycles. The van der Waals surface area contributed by atoms with Crippen molar-refractivity contribution >= 4 is 16.7 Å². The molecule has 26 heavy (non-hydrogen) atoms. The van der Waals surface area contributed by atoms with Gasteiger partial charge in [0.25, 0.3) is 0 Å². The van der Waals surface area contributed by atoms with E-state index in [1.807, 2.05) is 12.1 Å². The molecule has 3 rings (SSSR count). The number of rotatable bonds is 7. The second-order valence-electron chi connectivity index (χ2n) is 7.83. The summed E-state index contributed by atoms with van der Waals surface area (Å²) in [6.45, 7) is 4.45. The number of unbranched alkanes of at least 4 members (excludes halogenated alkanes) is 2. The van der Waals surface area contributed by atoms with Crippen LogP contribution in [0.5, 0.6) is 5.75 Å². The molecule has 0 unspecified atom stereocenters. The molecular weight excluding hydrogens is 320 g/mol. The van der Waals surface area contributed by atoms with Gasteiger partial charge in [-0.05, 0) is 72.4 Å². The first-order chi connectivity index (χ1) is 12.7. The van der Waals surface area contributed by atoms with Gasteiger partial charge in [-0.2, -0.15) is 0 Å². The average Bonchev–Trinajstić information content (AvgIpc) is 2.68. The summed E-state index contributed by atoms with van der Waals surface area (Å²) in [5.41, 5.74) is 1.47. The second kappa shape index (κ2) is 9.21. The SMILES string of the molecule is CCCCCC(=O)Oc1ccc2cc(C3CCC(CC)CC3)ccc2c1. The largest absolute Gasteiger partial charge is 0.427 e. The first-order valence-electron chi connectivity index (χ1n) is 10.4. The molecule has 0 amide bonds. The zero-order valence-corrected chi connectivity index (χ0v) is 16.3. The Morgan fingerprint density at radius 1 is 0.962 bits per heavy atom. The van der Waals surface area contributed by atoms with Gasteiger partial charge in [0.1, 0.15) is 5.75 Å². The maximum absolute atomic E-state index is 11.9. The van der Waals surface area contributed by atoms with Crippen molar-refractivity contribution in [1.29, 1.82) is 0 Å². The number of ether oxygens (including phenoxy) is 1. The van der Waals surface area contributed by atoms with Crippen LogP contribution in [0.2, 0.25) is 0 Å². The van der Waals surface area contributed by atoms with E-state index in [-0.39, 0.29) is 5.97 Å². The molecule has 1 aliphatic rings. The van der Waals surface area contributed by atoms with Crippen molar-refractivity contribution in [1.82, 2.24) is 0 Å². The summed E-state index contributed by atoms with van der Waals surface area (Å²) in [6, 6.07) is 12.8. The Morgan fingerprint density at radius 3 is 2.42 bits per heavy atom. The summed E-state index contributed by atoms with van der Waals surface area (Å²) in [5.74, 6) is 2.18. The predicted molar refractivity (Wildman–Crippen MR) is 109 cm³/mol. The van der Waals surface area contributed by atoms with Gasteiger partial charge in [-0.25, -0.2) is 0 Å². The van der Waals surface area contributed by atoms with E-state index in [1.54, 1.807) is 0 Å². The zero-order valence-electron chi connectivity index (χ0n) is 16.3. The Hall–Kier alpha value is -1.83. The molecule has 2 aromatic carbocycles. The van der Waals surface area contributed by atoms with Crippen LogP contribution in [-0.4, -0.2) is 5.97 Å². The van der Waals surface area contributed by atoms with Crippen molar-refractivity contribution < 1.29 is 9.53 Å². The molecule has 1 fully saturated rings. The molecule has 0 aromatic heterocycles. The quantitative estimate of drug-likeness (QED) is 0.304. The fourth-order valence-electron chi connectivity index (χ4n) is 4.17. The van der Waals surface area contributed by atoms with Gasteiger partial charge in [-0.1, -0.05) is 57.4 Å². The molecule has 0 atom stereocenters. The molecule has 0 spiro atoms. The number of esters is 1. The van der Waals surface area contributed by atoms with E-state index in [0.29, 0.717) is 18.1 Å². The highest BCUT2D eigenvalue weighted by atomic mass is 16.5. The molecule has 0 heterocycles. The molecule has 2 nitrogen and oxygen atoms in total. The van der Waals surface area contributed by atoms with Gasteiger partial charge in [-0.15, -0.1) is 0 Å². The van der Waals surface area contributed by atoms with Crippen LogP contribution in [0.3, 0.4) is 0 Å². The highest BCUT2D eigenvalue weighted by Gasteiger charge is 2.21. The molecule has 0 aliphatic heterocycles. The van der Waals surface area contributed by atoms with E-state index in [2.05, 4.69) is 38.1 Å². The number of hydrogen-bond acceptors (Lipinski definition) is 2. The second-order valence-corrected chi connectivity index (χ2v) is 7.83. The van der Waals surface area contributed by atoms with Crippen LogP contribution in [0.25, 0.3) is 10.8 Å². The predicted octanol–water partition coefficient (Wildman–Crippen LogP) is 7.01. The van der Waals surface area contributed by atoms with Crippen LogP contribution in [0.4, 0.5) is 0 Å². The Kier molecular flexibility index (Phi) is 6.71. The maximum Gasteiger partial charge on any atom is 0.311 e. The Bertz CT molecular complexity index is 726. The number of hydrogen-bond donors (Lipinski definition) is 0. The lowest BCUT2D eigenvalue weighted by molar-refractivity contribution is -0.134. The first kappa shape index (κ1) is 18.9.